The SMILES string of the molecule is C=CCOP(=O)(OCCC#N)O[C@H]1[C@@H](O[Si](C)(C)C(C)(C)C)[C@H](n2ccc(NC(=O)c3ccccc3)nc2=O)O[C@@H]1COC(OCCC#N)[C@H]1O[C@@H](n2ccc(NC(=O)c3ccccc3)nc2=O)[C@H](O[Si](C)(C)C(C)(C)C)[C@@H]1O. The Balaban J connectivity index is 1.41. The van der Waals surface area contributed by atoms with E-state index in [-0.39, 0.29) is 44.3 Å². The Kier molecular flexibility index (Phi) is 21.0. The molecule has 3 N–H and O–H groups in total. The van der Waals surface area contributed by atoms with Crippen LogP contribution in [0, 0.1) is 22.7 Å². The zero-order valence-electron chi connectivity index (χ0n) is 46.1. The van der Waals surface area contributed by atoms with E-state index < -0.39 is 120 Å². The molecule has 23 nitrogen and oxygen atoms in total. The van der Waals surface area contributed by atoms with Gasteiger partial charge >= 0.3 is 19.2 Å². The van der Waals surface area contributed by atoms with Crippen LogP contribution in [0.5, 0.6) is 0 Å². The summed E-state index contributed by atoms with van der Waals surface area (Å²) in [6.45, 7) is 21.9. The third kappa shape index (κ3) is 15.7. The van der Waals surface area contributed by atoms with Gasteiger partial charge in [0.2, 0.25) is 0 Å². The monoisotopic (exact) mass is 1150 g/mol. The molecule has 0 aliphatic carbocycles. The number of carbonyl (C=O) groups is 2. The highest BCUT2D eigenvalue weighted by Gasteiger charge is 2.57. The lowest BCUT2D eigenvalue weighted by molar-refractivity contribution is -0.232. The summed E-state index contributed by atoms with van der Waals surface area (Å²) in [5, 5.41) is 35.8. The third-order valence-electron chi connectivity index (χ3n) is 14.0. The minimum Gasteiger partial charge on any atom is -0.407 e. The number of aromatic nitrogens is 4. The van der Waals surface area contributed by atoms with Crippen molar-refractivity contribution in [2.75, 3.05) is 37.1 Å². The van der Waals surface area contributed by atoms with Gasteiger partial charge in [-0.2, -0.15) is 20.5 Å². The van der Waals surface area contributed by atoms with Crippen LogP contribution in [-0.4, -0.2) is 122 Å². The molecule has 2 fully saturated rings. The molecule has 2 unspecified atom stereocenters. The zero-order chi connectivity index (χ0) is 57.9. The second-order valence-corrected chi connectivity index (χ2v) is 32.8. The highest BCUT2D eigenvalue weighted by Crippen LogP contribution is 2.55. The van der Waals surface area contributed by atoms with Crippen LogP contribution in [0.15, 0.2) is 107 Å². The van der Waals surface area contributed by atoms with E-state index in [9.17, 15) is 39.4 Å². The molecule has 2 saturated heterocycles. The predicted octanol–water partition coefficient (Wildman–Crippen LogP) is 7.84. The number of rotatable bonds is 25. The number of ether oxygens (including phenoxy) is 4. The lowest BCUT2D eigenvalue weighted by Gasteiger charge is -2.41. The number of benzene rings is 2. The van der Waals surface area contributed by atoms with Gasteiger partial charge in [0.05, 0.1) is 51.4 Å². The van der Waals surface area contributed by atoms with Crippen molar-refractivity contribution in [2.45, 2.75) is 146 Å². The summed E-state index contributed by atoms with van der Waals surface area (Å²) >= 11 is 0. The van der Waals surface area contributed by atoms with Gasteiger partial charge in [-0.15, -0.1) is 6.58 Å². The maximum absolute atomic E-state index is 14.7. The number of nitrogens with zero attached hydrogens (tertiary/aromatic N) is 6. The number of nitrogens with one attached hydrogen (secondary N) is 2. The Bertz CT molecular complexity index is 3000. The minimum absolute atomic E-state index is 0.0469. The maximum Gasteiger partial charge on any atom is 0.475 e. The summed E-state index contributed by atoms with van der Waals surface area (Å²) in [5.41, 5.74) is -1.08. The Labute approximate surface area is 461 Å². The smallest absolute Gasteiger partial charge is 0.407 e. The third-order valence-corrected chi connectivity index (χ3v) is 24.4. The van der Waals surface area contributed by atoms with Crippen molar-refractivity contribution in [1.29, 1.82) is 10.5 Å². The topological polar surface area (TPSA) is 296 Å². The molecule has 2 aliphatic heterocycles. The van der Waals surface area contributed by atoms with Crippen LogP contribution >= 0.6 is 7.82 Å². The van der Waals surface area contributed by atoms with Crippen LogP contribution in [0.4, 0.5) is 11.6 Å². The molecule has 426 valence electrons. The molecule has 26 heteroatoms. The summed E-state index contributed by atoms with van der Waals surface area (Å²) in [5.74, 6) is -1.13. The van der Waals surface area contributed by atoms with E-state index in [0.717, 1.165) is 9.13 Å². The normalized spacial score (nSPS) is 22.7. The molecule has 2 aliphatic rings. The van der Waals surface area contributed by atoms with Gasteiger partial charge in [-0.05, 0) is 72.7 Å². The largest absolute Gasteiger partial charge is 0.475 e. The van der Waals surface area contributed by atoms with Crippen LogP contribution in [-0.2, 0) is 45.9 Å². The number of amides is 2. The van der Waals surface area contributed by atoms with Gasteiger partial charge in [-0.25, -0.2) is 14.2 Å². The van der Waals surface area contributed by atoms with Crippen LogP contribution in [0.1, 0.15) is 87.6 Å². The van der Waals surface area contributed by atoms with Crippen molar-refractivity contribution in [3.63, 3.8) is 0 Å². The number of anilines is 2. The lowest BCUT2D eigenvalue weighted by Crippen LogP contribution is -2.51. The average Bonchev–Trinajstić information content (AvgIpc) is 4.16. The molecule has 10 atom stereocenters. The first-order valence-corrected chi connectivity index (χ1v) is 32.9. The Morgan fingerprint density at radius 2 is 1.23 bits per heavy atom. The molecular weight excluding hydrogens is 1080 g/mol. The van der Waals surface area contributed by atoms with Gasteiger partial charge in [0.15, 0.2) is 35.4 Å². The van der Waals surface area contributed by atoms with Gasteiger partial charge in [-0.3, -0.25) is 32.3 Å². The predicted molar refractivity (Wildman–Crippen MR) is 294 cm³/mol. The second kappa shape index (κ2) is 26.6. The summed E-state index contributed by atoms with van der Waals surface area (Å²) in [6, 6.07) is 23.4. The van der Waals surface area contributed by atoms with Crippen molar-refractivity contribution in [3.8, 4) is 12.1 Å². The first kappa shape index (κ1) is 62.3. The number of aliphatic hydroxyl groups excluding tert-OH is 1. The first-order valence-electron chi connectivity index (χ1n) is 25.6. The van der Waals surface area contributed by atoms with E-state index in [0.29, 0.717) is 11.1 Å². The van der Waals surface area contributed by atoms with Crippen LogP contribution in [0.25, 0.3) is 0 Å². The van der Waals surface area contributed by atoms with Crippen LogP contribution in [0.2, 0.25) is 36.3 Å². The van der Waals surface area contributed by atoms with Gasteiger partial charge in [0.1, 0.15) is 48.3 Å². The number of phosphoric acid groups is 1. The van der Waals surface area contributed by atoms with Crippen LogP contribution < -0.4 is 22.0 Å². The molecule has 0 radical (unpaired) electrons. The summed E-state index contributed by atoms with van der Waals surface area (Å²) in [4.78, 5) is 62.6. The minimum atomic E-state index is -4.67. The van der Waals surface area contributed by atoms with Gasteiger partial charge in [0.25, 0.3) is 11.8 Å². The zero-order valence-corrected chi connectivity index (χ0v) is 49.0. The van der Waals surface area contributed by atoms with Gasteiger partial charge in [-0.1, -0.05) is 84.0 Å². The molecular formula is C53H71N8O15PSi2. The fraction of sp³-hybridized carbons (Fsp3) is 0.509. The highest BCUT2D eigenvalue weighted by atomic mass is 31.2. The summed E-state index contributed by atoms with van der Waals surface area (Å²) in [6.07, 6.45) is -9.08. The maximum atomic E-state index is 14.7. The number of hydrogen-bond donors (Lipinski definition) is 3. The molecule has 2 aromatic heterocycles. The van der Waals surface area contributed by atoms with Crippen LogP contribution in [0.3, 0.4) is 0 Å². The molecule has 0 bridgehead atoms. The molecule has 4 aromatic rings. The van der Waals surface area contributed by atoms with Crippen molar-refractivity contribution in [3.05, 3.63) is 130 Å². The van der Waals surface area contributed by atoms with Gasteiger partial charge < -0.3 is 43.5 Å². The number of nitriles is 2. The van der Waals surface area contributed by atoms with Crippen molar-refractivity contribution in [1.82, 2.24) is 19.1 Å². The number of aliphatic hydroxyl groups is 1. The number of carbonyl (C=O) groups excluding carboxylic acids is 2. The molecule has 0 saturated carbocycles. The van der Waals surface area contributed by atoms with Crippen molar-refractivity contribution < 1.29 is 60.6 Å². The highest BCUT2D eigenvalue weighted by molar-refractivity contribution is 7.48. The molecule has 4 heterocycles. The Morgan fingerprint density at radius 3 is 1.70 bits per heavy atom. The van der Waals surface area contributed by atoms with E-state index in [2.05, 4.69) is 27.2 Å². The molecule has 6 rings (SSSR count). The Morgan fingerprint density at radius 1 is 0.747 bits per heavy atom. The van der Waals surface area contributed by atoms with E-state index in [1.807, 2.05) is 79.9 Å². The van der Waals surface area contributed by atoms with E-state index in [1.54, 1.807) is 60.7 Å². The van der Waals surface area contributed by atoms with E-state index in [4.69, 9.17) is 41.4 Å². The molecule has 2 amide bonds. The van der Waals surface area contributed by atoms with E-state index >= 15 is 0 Å². The molecule has 79 heavy (non-hydrogen) atoms. The molecule has 0 spiro atoms. The van der Waals surface area contributed by atoms with Gasteiger partial charge in [0, 0.05) is 23.5 Å². The first-order chi connectivity index (χ1) is 37.2. The summed E-state index contributed by atoms with van der Waals surface area (Å²) < 4.78 is 74.5. The van der Waals surface area contributed by atoms with Crippen molar-refractivity contribution in [2.24, 2.45) is 0 Å². The number of hydrogen-bond acceptors (Lipinski definition) is 19. The fourth-order valence-corrected chi connectivity index (χ4v) is 11.7. The summed E-state index contributed by atoms with van der Waals surface area (Å²) in [7, 11) is -10.4. The standard InChI is InChI=1S/C53H71N8O15PSi2/c1-12-31-70-77(67,71-33-20-28-55)74-41-37(72-48(44(41)76-79(10,11)53(5,6)7)61-30-26-39(59-51(61)66)57-46(64)36-23-17-14-18-24-36)34-69-49(68-32-19-27-54)43-40(62)42(75-78(8,9)52(2,3)4)47(73-43)60-29-25-38(58-50(60)65)56-45(63)35-21-15-13-16-22-35/h12-18,21-26,29-30,37,40-44,47-49,62H,1,19-20,31-34H2,2-11H3,(H,56,58,63,65)(H,57,59,64,66)/t37-,40+,41-,42-,43+,44-,47-,48-,49?,77?/m1/s1. The average molecular weight is 1150 g/mol. The van der Waals surface area contributed by atoms with E-state index in [1.165, 1.54) is 30.6 Å². The lowest BCUT2D eigenvalue weighted by atomic mass is 10.1. The molecule has 2 aromatic carbocycles. The fourth-order valence-electron chi connectivity index (χ4n) is 7.75. The number of phosphoric ester groups is 1. The quantitative estimate of drug-likeness (QED) is 0.0187. The van der Waals surface area contributed by atoms with Crippen molar-refractivity contribution >= 4 is 47.9 Å². The second-order valence-electron chi connectivity index (χ2n) is 21.7. The Hall–Kier alpha value is -5.88.